The largest absolute Gasteiger partial charge is 0.352 e. The zero-order valence-corrected chi connectivity index (χ0v) is 24.8. The van der Waals surface area contributed by atoms with Crippen LogP contribution in [0.5, 0.6) is 0 Å². The molecular weight excluding hydrogens is 591 g/mol. The fourth-order valence-corrected chi connectivity index (χ4v) is 5.48. The minimum atomic E-state index is -0.646. The van der Waals surface area contributed by atoms with Gasteiger partial charge in [0.25, 0.3) is 0 Å². The second-order valence-electron chi connectivity index (χ2n) is 8.90. The first-order valence-corrected chi connectivity index (χ1v) is 14.9. The Balaban J connectivity index is 1.85. The molecule has 0 aliphatic rings. The molecule has 1 N–H and O–H groups in total. The Morgan fingerprint density at radius 3 is 2.35 bits per heavy atom. The standard InChI is InChI=1S/C29H31BrCl2N2O2S/c1-3-20(2)33-29(36)27(15-21-7-5-4-6-8-21)34(17-22-9-12-24(30)13-10-22)28(35)19-37-18-23-11-14-25(31)16-26(23)32/h4-14,16,20,27H,3,15,17-19H2,1-2H3,(H,33,36)/t20-,27-/m1/s1. The van der Waals surface area contributed by atoms with Gasteiger partial charge in [0, 0.05) is 39.3 Å². The third-order valence-electron chi connectivity index (χ3n) is 6.04. The maximum absolute atomic E-state index is 13.7. The molecule has 0 radical (unpaired) electrons. The molecule has 0 aliphatic carbocycles. The molecule has 8 heteroatoms. The van der Waals surface area contributed by atoms with E-state index >= 15 is 0 Å². The van der Waals surface area contributed by atoms with Gasteiger partial charge in [-0.15, -0.1) is 11.8 Å². The Hall–Kier alpha value is -1.99. The summed E-state index contributed by atoms with van der Waals surface area (Å²) in [6, 6.07) is 22.4. The SMILES string of the molecule is CC[C@@H](C)NC(=O)[C@@H](Cc1ccccc1)N(Cc1ccc(Br)cc1)C(=O)CSCc1ccc(Cl)cc1Cl. The lowest BCUT2D eigenvalue weighted by Gasteiger charge is -2.32. The summed E-state index contributed by atoms with van der Waals surface area (Å²) in [5.41, 5.74) is 2.87. The minimum absolute atomic E-state index is 0.0110. The van der Waals surface area contributed by atoms with E-state index in [1.54, 1.807) is 17.0 Å². The summed E-state index contributed by atoms with van der Waals surface area (Å²) in [6.45, 7) is 4.34. The van der Waals surface area contributed by atoms with Crippen molar-refractivity contribution >= 4 is 62.7 Å². The first kappa shape index (κ1) is 29.6. The van der Waals surface area contributed by atoms with Crippen molar-refractivity contribution in [3.8, 4) is 0 Å². The number of rotatable bonds is 12. The van der Waals surface area contributed by atoms with Gasteiger partial charge < -0.3 is 10.2 Å². The topological polar surface area (TPSA) is 49.4 Å². The number of amides is 2. The first-order valence-electron chi connectivity index (χ1n) is 12.2. The van der Waals surface area contributed by atoms with Crippen LogP contribution in [0.25, 0.3) is 0 Å². The van der Waals surface area contributed by atoms with Gasteiger partial charge in [-0.2, -0.15) is 0 Å². The summed E-state index contributed by atoms with van der Waals surface area (Å²) in [5, 5.41) is 4.25. The van der Waals surface area contributed by atoms with Crippen LogP contribution in [0.3, 0.4) is 0 Å². The van der Waals surface area contributed by atoms with Gasteiger partial charge in [0.05, 0.1) is 5.75 Å². The van der Waals surface area contributed by atoms with Crippen LogP contribution < -0.4 is 5.32 Å². The zero-order valence-electron chi connectivity index (χ0n) is 20.9. The molecule has 0 fully saturated rings. The number of hydrogen-bond acceptors (Lipinski definition) is 3. The lowest BCUT2D eigenvalue weighted by Crippen LogP contribution is -2.52. The molecule has 0 saturated carbocycles. The second kappa shape index (κ2) is 14.8. The number of nitrogens with zero attached hydrogens (tertiary/aromatic N) is 1. The van der Waals surface area contributed by atoms with Crippen LogP contribution >= 0.6 is 50.9 Å². The molecule has 0 aliphatic heterocycles. The Labute approximate surface area is 242 Å². The third kappa shape index (κ3) is 9.36. The summed E-state index contributed by atoms with van der Waals surface area (Å²) in [5.74, 6) is 0.542. The maximum Gasteiger partial charge on any atom is 0.243 e. The van der Waals surface area contributed by atoms with Crippen molar-refractivity contribution in [3.05, 3.63) is 104 Å². The van der Waals surface area contributed by atoms with Gasteiger partial charge in [-0.25, -0.2) is 0 Å². The molecule has 0 heterocycles. The number of benzene rings is 3. The average molecular weight is 622 g/mol. The van der Waals surface area contributed by atoms with Crippen LogP contribution in [0.1, 0.15) is 37.0 Å². The van der Waals surface area contributed by atoms with Gasteiger partial charge in [0.15, 0.2) is 0 Å². The molecule has 3 aromatic carbocycles. The summed E-state index contributed by atoms with van der Waals surface area (Å²) >= 11 is 17.3. The smallest absolute Gasteiger partial charge is 0.243 e. The van der Waals surface area contributed by atoms with E-state index in [-0.39, 0.29) is 23.6 Å². The van der Waals surface area contributed by atoms with Crippen LogP contribution in [-0.4, -0.2) is 34.6 Å². The van der Waals surface area contributed by atoms with Crippen molar-refractivity contribution < 1.29 is 9.59 Å². The Morgan fingerprint density at radius 2 is 1.70 bits per heavy atom. The van der Waals surface area contributed by atoms with E-state index < -0.39 is 6.04 Å². The van der Waals surface area contributed by atoms with E-state index in [2.05, 4.69) is 21.2 Å². The zero-order chi connectivity index (χ0) is 26.8. The van der Waals surface area contributed by atoms with Crippen LogP contribution in [0.4, 0.5) is 0 Å². The molecule has 3 aromatic rings. The van der Waals surface area contributed by atoms with Crippen molar-refractivity contribution in [3.63, 3.8) is 0 Å². The summed E-state index contributed by atoms with van der Waals surface area (Å²) < 4.78 is 0.958. The number of nitrogens with one attached hydrogen (secondary N) is 1. The third-order valence-corrected chi connectivity index (χ3v) is 8.12. The Bertz CT molecular complexity index is 1180. The highest BCUT2D eigenvalue weighted by Crippen LogP contribution is 2.25. The quantitative estimate of drug-likeness (QED) is 0.227. The average Bonchev–Trinajstić information content (AvgIpc) is 2.88. The molecule has 37 heavy (non-hydrogen) atoms. The highest BCUT2D eigenvalue weighted by atomic mass is 79.9. The van der Waals surface area contributed by atoms with Gasteiger partial charge in [-0.1, -0.05) is 94.6 Å². The van der Waals surface area contributed by atoms with Crippen molar-refractivity contribution in [2.75, 3.05) is 5.75 Å². The normalized spacial score (nSPS) is 12.6. The van der Waals surface area contributed by atoms with Crippen LogP contribution in [-0.2, 0) is 28.3 Å². The second-order valence-corrected chi connectivity index (χ2v) is 11.6. The number of halogens is 3. The number of thioether (sulfide) groups is 1. The molecule has 0 bridgehead atoms. The monoisotopic (exact) mass is 620 g/mol. The van der Waals surface area contributed by atoms with Gasteiger partial charge in [0.2, 0.25) is 11.8 Å². The van der Waals surface area contributed by atoms with Crippen molar-refractivity contribution in [1.29, 1.82) is 0 Å². The minimum Gasteiger partial charge on any atom is -0.352 e. The predicted octanol–water partition coefficient (Wildman–Crippen LogP) is 7.54. The molecule has 0 saturated heterocycles. The Kier molecular flexibility index (Phi) is 11.8. The molecule has 0 unspecified atom stereocenters. The molecule has 0 aromatic heterocycles. The summed E-state index contributed by atoms with van der Waals surface area (Å²) in [7, 11) is 0. The predicted molar refractivity (Wildman–Crippen MR) is 159 cm³/mol. The number of hydrogen-bond donors (Lipinski definition) is 1. The molecule has 0 spiro atoms. The van der Waals surface area contributed by atoms with Crippen LogP contribution in [0, 0.1) is 0 Å². The van der Waals surface area contributed by atoms with E-state index in [1.807, 2.05) is 74.5 Å². The van der Waals surface area contributed by atoms with E-state index in [4.69, 9.17) is 23.2 Å². The molecule has 4 nitrogen and oxygen atoms in total. The highest BCUT2D eigenvalue weighted by molar-refractivity contribution is 9.10. The van der Waals surface area contributed by atoms with E-state index in [0.717, 1.165) is 27.6 Å². The maximum atomic E-state index is 13.7. The van der Waals surface area contributed by atoms with Crippen LogP contribution in [0.2, 0.25) is 10.0 Å². The molecule has 2 amide bonds. The van der Waals surface area contributed by atoms with Crippen LogP contribution in [0.15, 0.2) is 77.3 Å². The summed E-state index contributed by atoms with van der Waals surface area (Å²) in [6.07, 6.45) is 1.24. The molecule has 2 atom stereocenters. The number of carbonyl (C=O) groups is 2. The summed E-state index contributed by atoms with van der Waals surface area (Å²) in [4.78, 5) is 28.9. The lowest BCUT2D eigenvalue weighted by molar-refractivity contribution is -0.139. The van der Waals surface area contributed by atoms with Gasteiger partial charge in [-0.3, -0.25) is 9.59 Å². The van der Waals surface area contributed by atoms with Gasteiger partial charge in [0.1, 0.15) is 6.04 Å². The van der Waals surface area contributed by atoms with E-state index in [0.29, 0.717) is 28.8 Å². The van der Waals surface area contributed by atoms with Crippen molar-refractivity contribution in [2.24, 2.45) is 0 Å². The highest BCUT2D eigenvalue weighted by Gasteiger charge is 2.30. The molecular formula is C29H31BrCl2N2O2S. The van der Waals surface area contributed by atoms with E-state index in [1.165, 1.54) is 11.8 Å². The Morgan fingerprint density at radius 1 is 1.00 bits per heavy atom. The van der Waals surface area contributed by atoms with Gasteiger partial charge >= 0.3 is 0 Å². The van der Waals surface area contributed by atoms with Crippen molar-refractivity contribution in [2.45, 2.75) is 51.1 Å². The van der Waals surface area contributed by atoms with Crippen molar-refractivity contribution in [1.82, 2.24) is 10.2 Å². The van der Waals surface area contributed by atoms with Gasteiger partial charge in [-0.05, 0) is 54.3 Å². The number of carbonyl (C=O) groups excluding carboxylic acids is 2. The molecule has 196 valence electrons. The molecule has 3 rings (SSSR count). The first-order chi connectivity index (χ1) is 17.8. The fraction of sp³-hybridized carbons (Fsp3) is 0.310. The van der Waals surface area contributed by atoms with E-state index in [9.17, 15) is 9.59 Å². The fourth-order valence-electron chi connectivity index (χ4n) is 3.75. The lowest BCUT2D eigenvalue weighted by atomic mass is 10.0.